The van der Waals surface area contributed by atoms with E-state index in [4.69, 9.17) is 5.14 Å². The van der Waals surface area contributed by atoms with Crippen molar-refractivity contribution in [1.82, 2.24) is 14.8 Å². The van der Waals surface area contributed by atoms with Crippen LogP contribution in [0.5, 0.6) is 0 Å². The van der Waals surface area contributed by atoms with Gasteiger partial charge in [-0.2, -0.15) is 0 Å². The van der Waals surface area contributed by atoms with E-state index in [1.54, 1.807) is 0 Å². The number of sulfonamides is 1. The minimum absolute atomic E-state index is 0.0223. The smallest absolute Gasteiger partial charge is 0.238 e. The van der Waals surface area contributed by atoms with Gasteiger partial charge in [0.25, 0.3) is 0 Å². The highest BCUT2D eigenvalue weighted by Gasteiger charge is 2.18. The number of nitrogens with two attached hydrogens (primary N) is 1. The summed E-state index contributed by atoms with van der Waals surface area (Å²) in [6, 6.07) is 11.8. The maximum Gasteiger partial charge on any atom is 0.238 e. The van der Waals surface area contributed by atoms with Crippen LogP contribution in [0.3, 0.4) is 0 Å². The van der Waals surface area contributed by atoms with Crippen LogP contribution in [0, 0.1) is 0 Å². The first-order chi connectivity index (χ1) is 13.4. The van der Waals surface area contributed by atoms with E-state index >= 15 is 0 Å². The van der Waals surface area contributed by atoms with E-state index in [9.17, 15) is 13.2 Å². The van der Waals surface area contributed by atoms with Crippen LogP contribution in [-0.4, -0.2) is 61.8 Å². The van der Waals surface area contributed by atoms with Gasteiger partial charge in [-0.1, -0.05) is 6.07 Å². The summed E-state index contributed by atoms with van der Waals surface area (Å²) >= 11 is 0. The molecule has 0 spiro atoms. The number of anilines is 1. The van der Waals surface area contributed by atoms with Gasteiger partial charge < -0.3 is 10.2 Å². The van der Waals surface area contributed by atoms with Crippen molar-refractivity contribution >= 4 is 21.6 Å². The van der Waals surface area contributed by atoms with Gasteiger partial charge in [0.1, 0.15) is 0 Å². The first kappa shape index (κ1) is 20.4. The van der Waals surface area contributed by atoms with E-state index in [1.807, 2.05) is 24.4 Å². The lowest BCUT2D eigenvalue weighted by molar-refractivity contribution is -0.116. The maximum atomic E-state index is 12.1. The molecule has 1 aliphatic rings. The lowest BCUT2D eigenvalue weighted by atomic mass is 10.2. The van der Waals surface area contributed by atoms with Crippen LogP contribution in [-0.2, 0) is 21.4 Å². The molecule has 1 aliphatic heterocycles. The Morgan fingerprint density at radius 3 is 2.32 bits per heavy atom. The molecule has 150 valence electrons. The molecule has 2 aromatic rings. The normalized spacial score (nSPS) is 16.0. The van der Waals surface area contributed by atoms with Crippen molar-refractivity contribution in [2.75, 3.05) is 38.0 Å². The summed E-state index contributed by atoms with van der Waals surface area (Å²) in [5.74, 6) is -0.0979. The Labute approximate surface area is 165 Å². The molecule has 1 saturated heterocycles. The van der Waals surface area contributed by atoms with Crippen molar-refractivity contribution in [3.63, 3.8) is 0 Å². The third-order valence-electron chi connectivity index (χ3n) is 4.70. The Hall–Kier alpha value is -2.33. The van der Waals surface area contributed by atoms with Crippen molar-refractivity contribution in [2.45, 2.75) is 17.9 Å². The van der Waals surface area contributed by atoms with E-state index in [0.717, 1.165) is 38.4 Å². The second kappa shape index (κ2) is 9.24. The fraction of sp³-hybridized carbons (Fsp3) is 0.368. The number of carbonyl (C=O) groups excluding carboxylic acids is 1. The molecule has 2 heterocycles. The molecule has 0 radical (unpaired) electrons. The molecule has 8 nitrogen and oxygen atoms in total. The molecule has 3 rings (SSSR count). The lowest BCUT2D eigenvalue weighted by Crippen LogP contribution is -2.46. The monoisotopic (exact) mass is 403 g/mol. The predicted octanol–water partition coefficient (Wildman–Crippen LogP) is 0.875. The van der Waals surface area contributed by atoms with E-state index in [2.05, 4.69) is 20.1 Å². The number of rotatable bonds is 7. The molecule has 28 heavy (non-hydrogen) atoms. The summed E-state index contributed by atoms with van der Waals surface area (Å²) < 4.78 is 22.5. The minimum Gasteiger partial charge on any atom is -0.326 e. The number of primary sulfonamides is 1. The largest absolute Gasteiger partial charge is 0.326 e. The topological polar surface area (TPSA) is 109 Å². The molecule has 1 fully saturated rings. The van der Waals surface area contributed by atoms with Gasteiger partial charge in [-0.15, -0.1) is 0 Å². The SMILES string of the molecule is NS(=O)(=O)c1ccc(NC(=O)CCN2CCN(Cc3ccccn3)CC2)cc1. The third-order valence-corrected chi connectivity index (χ3v) is 5.63. The molecule has 3 N–H and O–H groups in total. The van der Waals surface area contributed by atoms with Gasteiger partial charge in [-0.25, -0.2) is 13.6 Å². The van der Waals surface area contributed by atoms with Crippen LogP contribution in [0.15, 0.2) is 53.6 Å². The third kappa shape index (κ3) is 6.10. The molecular weight excluding hydrogens is 378 g/mol. The second-order valence-electron chi connectivity index (χ2n) is 6.81. The van der Waals surface area contributed by atoms with Crippen molar-refractivity contribution in [2.24, 2.45) is 5.14 Å². The average molecular weight is 404 g/mol. The number of carbonyl (C=O) groups is 1. The van der Waals surface area contributed by atoms with E-state index in [-0.39, 0.29) is 10.8 Å². The highest BCUT2D eigenvalue weighted by molar-refractivity contribution is 7.89. The molecule has 9 heteroatoms. The first-order valence-electron chi connectivity index (χ1n) is 9.17. The average Bonchev–Trinajstić information content (AvgIpc) is 2.68. The van der Waals surface area contributed by atoms with Crippen LogP contribution in [0.2, 0.25) is 0 Å². The Kier molecular flexibility index (Phi) is 6.74. The van der Waals surface area contributed by atoms with Crippen LogP contribution < -0.4 is 10.5 Å². The van der Waals surface area contributed by atoms with E-state index < -0.39 is 10.0 Å². The van der Waals surface area contributed by atoms with Crippen molar-refractivity contribution in [3.8, 4) is 0 Å². The van der Waals surface area contributed by atoms with E-state index in [0.29, 0.717) is 18.7 Å². The van der Waals surface area contributed by atoms with Gasteiger partial charge in [0, 0.05) is 57.6 Å². The van der Waals surface area contributed by atoms with Gasteiger partial charge in [-0.05, 0) is 36.4 Å². The molecule has 0 unspecified atom stereocenters. The summed E-state index contributed by atoms with van der Waals surface area (Å²) in [6.07, 6.45) is 2.20. The first-order valence-corrected chi connectivity index (χ1v) is 10.7. The summed E-state index contributed by atoms with van der Waals surface area (Å²) in [6.45, 7) is 5.29. The van der Waals surface area contributed by atoms with E-state index in [1.165, 1.54) is 24.3 Å². The number of nitrogens with zero attached hydrogens (tertiary/aromatic N) is 3. The van der Waals surface area contributed by atoms with Crippen LogP contribution in [0.1, 0.15) is 12.1 Å². The molecule has 1 aromatic heterocycles. The molecule has 0 atom stereocenters. The number of hydrogen-bond donors (Lipinski definition) is 2. The summed E-state index contributed by atoms with van der Waals surface area (Å²) in [4.78, 5) is 21.2. The zero-order valence-corrected chi connectivity index (χ0v) is 16.4. The number of amides is 1. The summed E-state index contributed by atoms with van der Waals surface area (Å²) in [5, 5.41) is 7.85. The maximum absolute atomic E-state index is 12.1. The number of piperazine rings is 1. The number of benzene rings is 1. The van der Waals surface area contributed by atoms with Gasteiger partial charge in [-0.3, -0.25) is 14.7 Å². The van der Waals surface area contributed by atoms with Crippen LogP contribution in [0.25, 0.3) is 0 Å². The number of hydrogen-bond acceptors (Lipinski definition) is 6. The Bertz CT molecular complexity index is 880. The van der Waals surface area contributed by atoms with Crippen LogP contribution >= 0.6 is 0 Å². The fourth-order valence-electron chi connectivity index (χ4n) is 3.10. The number of nitrogens with one attached hydrogen (secondary N) is 1. The van der Waals surface area contributed by atoms with Gasteiger partial charge in [0.05, 0.1) is 10.6 Å². The summed E-state index contributed by atoms with van der Waals surface area (Å²) in [5.41, 5.74) is 1.63. The fourth-order valence-corrected chi connectivity index (χ4v) is 3.62. The molecule has 1 aromatic carbocycles. The zero-order chi connectivity index (χ0) is 20.0. The quantitative estimate of drug-likeness (QED) is 0.710. The molecule has 1 amide bonds. The minimum atomic E-state index is -3.72. The Morgan fingerprint density at radius 1 is 1.04 bits per heavy atom. The Morgan fingerprint density at radius 2 is 1.71 bits per heavy atom. The van der Waals surface area contributed by atoms with Crippen molar-refractivity contribution in [3.05, 3.63) is 54.4 Å². The van der Waals surface area contributed by atoms with Crippen molar-refractivity contribution in [1.29, 1.82) is 0 Å². The zero-order valence-electron chi connectivity index (χ0n) is 15.6. The standard InChI is InChI=1S/C19H25N5O3S/c20-28(26,27)18-6-4-16(5-7-18)22-19(25)8-10-23-11-13-24(14-12-23)15-17-3-1-2-9-21-17/h1-7,9H,8,10-15H2,(H,22,25)(H2,20,26,27). The number of aromatic nitrogens is 1. The second-order valence-corrected chi connectivity index (χ2v) is 8.37. The van der Waals surface area contributed by atoms with Gasteiger partial charge >= 0.3 is 0 Å². The molecular formula is C19H25N5O3S. The highest BCUT2D eigenvalue weighted by Crippen LogP contribution is 2.13. The van der Waals surface area contributed by atoms with Gasteiger partial charge in [0.15, 0.2) is 0 Å². The van der Waals surface area contributed by atoms with Crippen LogP contribution in [0.4, 0.5) is 5.69 Å². The Balaban J connectivity index is 1.38. The predicted molar refractivity (Wildman–Crippen MR) is 107 cm³/mol. The molecule has 0 saturated carbocycles. The molecule has 0 bridgehead atoms. The highest BCUT2D eigenvalue weighted by atomic mass is 32.2. The van der Waals surface area contributed by atoms with Gasteiger partial charge in [0.2, 0.25) is 15.9 Å². The summed E-state index contributed by atoms with van der Waals surface area (Å²) in [7, 11) is -3.72. The lowest BCUT2D eigenvalue weighted by Gasteiger charge is -2.34. The molecule has 0 aliphatic carbocycles. The van der Waals surface area contributed by atoms with Crippen molar-refractivity contribution < 1.29 is 13.2 Å². The number of pyridine rings is 1.